The Hall–Kier alpha value is -0.870. The summed E-state index contributed by atoms with van der Waals surface area (Å²) in [5.74, 6) is 0.540. The Kier molecular flexibility index (Phi) is 5.20. The minimum atomic E-state index is -0.0994. The van der Waals surface area contributed by atoms with E-state index in [0.717, 1.165) is 29.5 Å². The second-order valence-electron chi connectivity index (χ2n) is 4.65. The summed E-state index contributed by atoms with van der Waals surface area (Å²) in [5, 5.41) is 3.30. The fourth-order valence-corrected chi connectivity index (χ4v) is 2.53. The van der Waals surface area contributed by atoms with Crippen LogP contribution >= 0.6 is 15.9 Å². The molecule has 3 nitrogen and oxygen atoms in total. The SMILES string of the molecule is O=C(CCC1CCNC1)OCc1ccccc1Br. The largest absolute Gasteiger partial charge is 0.461 e. The number of benzene rings is 1. The highest BCUT2D eigenvalue weighted by Crippen LogP contribution is 2.18. The number of halogens is 1. The van der Waals surface area contributed by atoms with Crippen LogP contribution in [0.1, 0.15) is 24.8 Å². The molecule has 18 heavy (non-hydrogen) atoms. The zero-order valence-electron chi connectivity index (χ0n) is 10.3. The van der Waals surface area contributed by atoms with E-state index in [0.29, 0.717) is 18.9 Å². The fraction of sp³-hybridized carbons (Fsp3) is 0.500. The first-order valence-electron chi connectivity index (χ1n) is 6.35. The van der Waals surface area contributed by atoms with Crippen LogP contribution in [0.4, 0.5) is 0 Å². The lowest BCUT2D eigenvalue weighted by molar-refractivity contribution is -0.145. The molecule has 0 spiro atoms. The van der Waals surface area contributed by atoms with Gasteiger partial charge in [0.2, 0.25) is 0 Å². The Balaban J connectivity index is 1.69. The lowest BCUT2D eigenvalue weighted by atomic mass is 10.0. The molecular formula is C14H18BrNO2. The molecule has 1 aliphatic rings. The van der Waals surface area contributed by atoms with E-state index in [4.69, 9.17) is 4.74 Å². The van der Waals surface area contributed by atoms with Crippen molar-refractivity contribution >= 4 is 21.9 Å². The molecule has 4 heteroatoms. The summed E-state index contributed by atoms with van der Waals surface area (Å²) in [4.78, 5) is 11.6. The average molecular weight is 312 g/mol. The molecule has 0 bridgehead atoms. The lowest BCUT2D eigenvalue weighted by Crippen LogP contribution is -2.11. The number of nitrogens with one attached hydrogen (secondary N) is 1. The molecule has 0 aromatic heterocycles. The van der Waals surface area contributed by atoms with Gasteiger partial charge in [0, 0.05) is 16.5 Å². The zero-order chi connectivity index (χ0) is 12.8. The predicted octanol–water partition coefficient (Wildman–Crippen LogP) is 2.88. The van der Waals surface area contributed by atoms with Crippen molar-refractivity contribution in [3.63, 3.8) is 0 Å². The fourth-order valence-electron chi connectivity index (χ4n) is 2.13. The van der Waals surface area contributed by atoms with Crippen molar-refractivity contribution in [2.45, 2.75) is 25.9 Å². The first kappa shape index (κ1) is 13.6. The Bertz CT molecular complexity index is 403. The first-order valence-corrected chi connectivity index (χ1v) is 7.15. The zero-order valence-corrected chi connectivity index (χ0v) is 11.9. The maximum atomic E-state index is 11.6. The van der Waals surface area contributed by atoms with E-state index in [1.165, 1.54) is 6.42 Å². The molecule has 0 radical (unpaired) electrons. The molecule has 1 aliphatic heterocycles. The van der Waals surface area contributed by atoms with Crippen molar-refractivity contribution in [2.75, 3.05) is 13.1 Å². The number of carbonyl (C=O) groups is 1. The van der Waals surface area contributed by atoms with Gasteiger partial charge in [0.15, 0.2) is 0 Å². The monoisotopic (exact) mass is 311 g/mol. The second-order valence-corrected chi connectivity index (χ2v) is 5.50. The van der Waals surface area contributed by atoms with Gasteiger partial charge in [0.05, 0.1) is 0 Å². The number of carbonyl (C=O) groups excluding carboxylic acids is 1. The Morgan fingerprint density at radius 1 is 1.44 bits per heavy atom. The normalized spacial score (nSPS) is 18.8. The van der Waals surface area contributed by atoms with Crippen LogP contribution in [0.15, 0.2) is 28.7 Å². The van der Waals surface area contributed by atoms with Gasteiger partial charge in [-0.1, -0.05) is 34.1 Å². The summed E-state index contributed by atoms with van der Waals surface area (Å²) in [5.41, 5.74) is 1.01. The van der Waals surface area contributed by atoms with Crippen LogP contribution in [0.3, 0.4) is 0 Å². The van der Waals surface area contributed by atoms with Crippen molar-refractivity contribution in [3.05, 3.63) is 34.3 Å². The molecule has 1 N–H and O–H groups in total. The third kappa shape index (κ3) is 4.10. The van der Waals surface area contributed by atoms with Crippen LogP contribution < -0.4 is 5.32 Å². The van der Waals surface area contributed by atoms with Gasteiger partial charge in [-0.15, -0.1) is 0 Å². The summed E-state index contributed by atoms with van der Waals surface area (Å²) in [7, 11) is 0. The van der Waals surface area contributed by atoms with Gasteiger partial charge < -0.3 is 10.1 Å². The van der Waals surface area contributed by atoms with Gasteiger partial charge >= 0.3 is 5.97 Å². The van der Waals surface area contributed by atoms with Gasteiger partial charge in [0.25, 0.3) is 0 Å². The van der Waals surface area contributed by atoms with Crippen LogP contribution in [0.5, 0.6) is 0 Å². The van der Waals surface area contributed by atoms with E-state index in [-0.39, 0.29) is 5.97 Å². The minimum Gasteiger partial charge on any atom is -0.461 e. The van der Waals surface area contributed by atoms with Gasteiger partial charge in [-0.05, 0) is 37.9 Å². The first-order chi connectivity index (χ1) is 8.75. The van der Waals surface area contributed by atoms with Crippen LogP contribution in [0.2, 0.25) is 0 Å². The highest BCUT2D eigenvalue weighted by molar-refractivity contribution is 9.10. The van der Waals surface area contributed by atoms with Gasteiger partial charge in [-0.3, -0.25) is 4.79 Å². The van der Waals surface area contributed by atoms with Crippen LogP contribution in [0, 0.1) is 5.92 Å². The topological polar surface area (TPSA) is 38.3 Å². The smallest absolute Gasteiger partial charge is 0.306 e. The van der Waals surface area contributed by atoms with E-state index in [1.807, 2.05) is 24.3 Å². The molecule has 1 atom stereocenters. The van der Waals surface area contributed by atoms with E-state index in [2.05, 4.69) is 21.2 Å². The molecule has 1 heterocycles. The molecule has 98 valence electrons. The quantitative estimate of drug-likeness (QED) is 0.850. The second kappa shape index (κ2) is 6.90. The molecule has 0 amide bonds. The summed E-state index contributed by atoms with van der Waals surface area (Å²) >= 11 is 3.44. The van der Waals surface area contributed by atoms with Crippen molar-refractivity contribution in [2.24, 2.45) is 5.92 Å². The van der Waals surface area contributed by atoms with E-state index in [9.17, 15) is 4.79 Å². The van der Waals surface area contributed by atoms with Crippen LogP contribution in [-0.4, -0.2) is 19.1 Å². The summed E-state index contributed by atoms with van der Waals surface area (Å²) in [6.07, 6.45) is 2.64. The molecule has 2 rings (SSSR count). The molecule has 0 saturated carbocycles. The average Bonchev–Trinajstić information content (AvgIpc) is 2.88. The number of hydrogen-bond donors (Lipinski definition) is 1. The Labute approximate surface area is 116 Å². The van der Waals surface area contributed by atoms with Gasteiger partial charge in [-0.25, -0.2) is 0 Å². The summed E-state index contributed by atoms with van der Waals surface area (Å²) in [6, 6.07) is 7.80. The van der Waals surface area contributed by atoms with E-state index in [1.54, 1.807) is 0 Å². The van der Waals surface area contributed by atoms with Crippen LogP contribution in [0.25, 0.3) is 0 Å². The molecule has 1 aromatic carbocycles. The number of ether oxygens (including phenoxy) is 1. The van der Waals surface area contributed by atoms with E-state index < -0.39 is 0 Å². The third-order valence-corrected chi connectivity index (χ3v) is 4.04. The third-order valence-electron chi connectivity index (χ3n) is 3.27. The molecule has 1 aromatic rings. The molecule has 0 aliphatic carbocycles. The minimum absolute atomic E-state index is 0.0994. The van der Waals surface area contributed by atoms with Crippen molar-refractivity contribution in [1.29, 1.82) is 0 Å². The highest BCUT2D eigenvalue weighted by atomic mass is 79.9. The summed E-state index contributed by atoms with van der Waals surface area (Å²) < 4.78 is 6.26. The Morgan fingerprint density at radius 2 is 2.28 bits per heavy atom. The van der Waals surface area contributed by atoms with Crippen LogP contribution in [-0.2, 0) is 16.1 Å². The number of esters is 1. The maximum absolute atomic E-state index is 11.6. The van der Waals surface area contributed by atoms with Crippen molar-refractivity contribution in [1.82, 2.24) is 5.32 Å². The number of rotatable bonds is 5. The maximum Gasteiger partial charge on any atom is 0.306 e. The predicted molar refractivity (Wildman–Crippen MR) is 74.1 cm³/mol. The van der Waals surface area contributed by atoms with Crippen molar-refractivity contribution < 1.29 is 9.53 Å². The van der Waals surface area contributed by atoms with E-state index >= 15 is 0 Å². The molecule has 1 saturated heterocycles. The van der Waals surface area contributed by atoms with Gasteiger partial charge in [-0.2, -0.15) is 0 Å². The van der Waals surface area contributed by atoms with Gasteiger partial charge in [0.1, 0.15) is 6.61 Å². The summed E-state index contributed by atoms with van der Waals surface area (Å²) in [6.45, 7) is 2.47. The lowest BCUT2D eigenvalue weighted by Gasteiger charge is -2.09. The number of hydrogen-bond acceptors (Lipinski definition) is 3. The van der Waals surface area contributed by atoms with Crippen molar-refractivity contribution in [3.8, 4) is 0 Å². The molecule has 1 fully saturated rings. The molecular weight excluding hydrogens is 294 g/mol. The Morgan fingerprint density at radius 3 is 3.00 bits per heavy atom. The standard InChI is InChI=1S/C14H18BrNO2/c15-13-4-2-1-3-12(13)10-18-14(17)6-5-11-7-8-16-9-11/h1-4,11,16H,5-10H2. The molecule has 1 unspecified atom stereocenters. The highest BCUT2D eigenvalue weighted by Gasteiger charge is 2.16.